The summed E-state index contributed by atoms with van der Waals surface area (Å²) in [4.78, 5) is 0. The zero-order chi connectivity index (χ0) is 10.6. The summed E-state index contributed by atoms with van der Waals surface area (Å²) < 4.78 is 1.99. The SMILES string of the molecule is CCn1c(CO)nnc1CCC(C)C. The van der Waals surface area contributed by atoms with Crippen molar-refractivity contribution >= 4 is 0 Å². The molecule has 0 saturated heterocycles. The molecule has 0 saturated carbocycles. The number of hydrogen-bond acceptors (Lipinski definition) is 3. The fourth-order valence-electron chi connectivity index (χ4n) is 1.46. The maximum Gasteiger partial charge on any atom is 0.158 e. The molecule has 4 nitrogen and oxygen atoms in total. The van der Waals surface area contributed by atoms with Gasteiger partial charge in [0, 0.05) is 13.0 Å². The van der Waals surface area contributed by atoms with Gasteiger partial charge >= 0.3 is 0 Å². The quantitative estimate of drug-likeness (QED) is 0.775. The van der Waals surface area contributed by atoms with Crippen molar-refractivity contribution in [3.63, 3.8) is 0 Å². The maximum absolute atomic E-state index is 9.02. The Morgan fingerprint density at radius 3 is 2.43 bits per heavy atom. The zero-order valence-electron chi connectivity index (χ0n) is 9.19. The van der Waals surface area contributed by atoms with Gasteiger partial charge in [-0.2, -0.15) is 0 Å². The van der Waals surface area contributed by atoms with Crippen LogP contribution in [0.3, 0.4) is 0 Å². The van der Waals surface area contributed by atoms with Crippen LogP contribution < -0.4 is 0 Å². The van der Waals surface area contributed by atoms with E-state index in [1.54, 1.807) is 0 Å². The van der Waals surface area contributed by atoms with Gasteiger partial charge in [0.05, 0.1) is 0 Å². The van der Waals surface area contributed by atoms with Crippen molar-refractivity contribution in [2.24, 2.45) is 5.92 Å². The van der Waals surface area contributed by atoms with Gasteiger partial charge in [0.15, 0.2) is 5.82 Å². The molecule has 4 heteroatoms. The molecule has 0 bridgehead atoms. The van der Waals surface area contributed by atoms with Crippen LogP contribution in [0.2, 0.25) is 0 Å². The molecule has 1 aromatic rings. The zero-order valence-corrected chi connectivity index (χ0v) is 9.19. The lowest BCUT2D eigenvalue weighted by atomic mass is 10.1. The minimum absolute atomic E-state index is 0.0253. The van der Waals surface area contributed by atoms with Crippen molar-refractivity contribution < 1.29 is 5.11 Å². The Hall–Kier alpha value is -0.900. The molecule has 0 atom stereocenters. The van der Waals surface area contributed by atoms with E-state index in [1.807, 2.05) is 11.5 Å². The highest BCUT2D eigenvalue weighted by Gasteiger charge is 2.09. The molecule has 0 radical (unpaired) electrons. The van der Waals surface area contributed by atoms with Gasteiger partial charge in [-0.25, -0.2) is 0 Å². The molecule has 0 aromatic carbocycles. The summed E-state index contributed by atoms with van der Waals surface area (Å²) in [6.07, 6.45) is 2.06. The Balaban J connectivity index is 2.71. The monoisotopic (exact) mass is 197 g/mol. The lowest BCUT2D eigenvalue weighted by molar-refractivity contribution is 0.264. The third-order valence-corrected chi connectivity index (χ3v) is 2.31. The van der Waals surface area contributed by atoms with Crippen LogP contribution in [0.1, 0.15) is 38.8 Å². The molecule has 0 aliphatic rings. The van der Waals surface area contributed by atoms with Gasteiger partial charge < -0.3 is 9.67 Å². The Morgan fingerprint density at radius 1 is 1.29 bits per heavy atom. The predicted octanol–water partition coefficient (Wildman–Crippen LogP) is 1.38. The number of aryl methyl sites for hydroxylation is 1. The van der Waals surface area contributed by atoms with Crippen LogP contribution in [-0.2, 0) is 19.6 Å². The topological polar surface area (TPSA) is 50.9 Å². The Labute approximate surface area is 85.0 Å². The fraction of sp³-hybridized carbons (Fsp3) is 0.800. The van der Waals surface area contributed by atoms with Crippen LogP contribution >= 0.6 is 0 Å². The van der Waals surface area contributed by atoms with Crippen LogP contribution in [0.4, 0.5) is 0 Å². The highest BCUT2D eigenvalue weighted by molar-refractivity contribution is 4.95. The van der Waals surface area contributed by atoms with Gasteiger partial charge in [-0.15, -0.1) is 10.2 Å². The van der Waals surface area contributed by atoms with Gasteiger partial charge in [0.25, 0.3) is 0 Å². The van der Waals surface area contributed by atoms with E-state index < -0.39 is 0 Å². The fourth-order valence-corrected chi connectivity index (χ4v) is 1.46. The van der Waals surface area contributed by atoms with E-state index in [-0.39, 0.29) is 6.61 Å². The first-order valence-corrected chi connectivity index (χ1v) is 5.20. The largest absolute Gasteiger partial charge is 0.388 e. The smallest absolute Gasteiger partial charge is 0.158 e. The second kappa shape index (κ2) is 5.10. The van der Waals surface area contributed by atoms with E-state index in [0.29, 0.717) is 11.7 Å². The van der Waals surface area contributed by atoms with E-state index in [9.17, 15) is 0 Å². The van der Waals surface area contributed by atoms with Gasteiger partial charge in [0.2, 0.25) is 0 Å². The lowest BCUT2D eigenvalue weighted by Gasteiger charge is -2.07. The first-order valence-electron chi connectivity index (χ1n) is 5.20. The second-order valence-electron chi connectivity index (χ2n) is 3.87. The number of hydrogen-bond donors (Lipinski definition) is 1. The predicted molar refractivity (Wildman–Crippen MR) is 54.8 cm³/mol. The van der Waals surface area contributed by atoms with Crippen molar-refractivity contribution in [3.8, 4) is 0 Å². The molecule has 1 heterocycles. The molecule has 1 aromatic heterocycles. The molecule has 0 aliphatic heterocycles. The van der Waals surface area contributed by atoms with E-state index >= 15 is 0 Å². The van der Waals surface area contributed by atoms with Gasteiger partial charge in [0.1, 0.15) is 12.4 Å². The van der Waals surface area contributed by atoms with Gasteiger partial charge in [-0.1, -0.05) is 13.8 Å². The molecule has 0 aliphatic carbocycles. The molecular formula is C10H19N3O. The van der Waals surface area contributed by atoms with Gasteiger partial charge in [-0.05, 0) is 19.3 Å². The maximum atomic E-state index is 9.02. The Morgan fingerprint density at radius 2 is 1.93 bits per heavy atom. The Kier molecular flexibility index (Phi) is 4.07. The molecule has 0 unspecified atom stereocenters. The average molecular weight is 197 g/mol. The molecule has 14 heavy (non-hydrogen) atoms. The molecule has 0 spiro atoms. The summed E-state index contributed by atoms with van der Waals surface area (Å²) in [6, 6.07) is 0. The number of rotatable bonds is 5. The minimum atomic E-state index is -0.0253. The van der Waals surface area contributed by atoms with Crippen LogP contribution in [0, 0.1) is 5.92 Å². The molecule has 80 valence electrons. The van der Waals surface area contributed by atoms with Crippen LogP contribution in [-0.4, -0.2) is 19.9 Å². The van der Waals surface area contributed by atoms with Crippen LogP contribution in [0.15, 0.2) is 0 Å². The molecule has 0 amide bonds. The summed E-state index contributed by atoms with van der Waals surface area (Å²) in [5.74, 6) is 2.34. The van der Waals surface area contributed by atoms with Crippen LogP contribution in [0.5, 0.6) is 0 Å². The minimum Gasteiger partial charge on any atom is -0.388 e. The third-order valence-electron chi connectivity index (χ3n) is 2.31. The number of aliphatic hydroxyl groups excluding tert-OH is 1. The van der Waals surface area contributed by atoms with E-state index in [2.05, 4.69) is 24.0 Å². The number of aliphatic hydroxyl groups is 1. The second-order valence-corrected chi connectivity index (χ2v) is 3.87. The van der Waals surface area contributed by atoms with Gasteiger partial charge in [-0.3, -0.25) is 0 Å². The summed E-state index contributed by atoms with van der Waals surface area (Å²) in [7, 11) is 0. The number of aromatic nitrogens is 3. The highest BCUT2D eigenvalue weighted by Crippen LogP contribution is 2.09. The summed E-state index contributed by atoms with van der Waals surface area (Å²) >= 11 is 0. The lowest BCUT2D eigenvalue weighted by Crippen LogP contribution is -2.07. The normalized spacial score (nSPS) is 11.2. The van der Waals surface area contributed by atoms with Crippen molar-refractivity contribution in [1.29, 1.82) is 0 Å². The first-order chi connectivity index (χ1) is 6.69. The first kappa shape index (κ1) is 11.2. The third kappa shape index (κ3) is 2.54. The Bertz CT molecular complexity index is 281. The average Bonchev–Trinajstić information content (AvgIpc) is 2.56. The molecular weight excluding hydrogens is 178 g/mol. The molecule has 1 N–H and O–H groups in total. The highest BCUT2D eigenvalue weighted by atomic mass is 16.3. The summed E-state index contributed by atoms with van der Waals surface area (Å²) in [5, 5.41) is 17.0. The van der Waals surface area contributed by atoms with E-state index in [0.717, 1.165) is 25.2 Å². The standard InChI is InChI=1S/C10H19N3O/c1-4-13-9(6-5-8(2)3)11-12-10(13)7-14/h8,14H,4-7H2,1-3H3. The van der Waals surface area contributed by atoms with Crippen molar-refractivity contribution in [3.05, 3.63) is 11.6 Å². The van der Waals surface area contributed by atoms with Crippen molar-refractivity contribution in [2.75, 3.05) is 0 Å². The van der Waals surface area contributed by atoms with Crippen LogP contribution in [0.25, 0.3) is 0 Å². The van der Waals surface area contributed by atoms with Crippen molar-refractivity contribution in [1.82, 2.24) is 14.8 Å². The van der Waals surface area contributed by atoms with Crippen molar-refractivity contribution in [2.45, 2.75) is 46.8 Å². The van der Waals surface area contributed by atoms with E-state index in [1.165, 1.54) is 0 Å². The summed E-state index contributed by atoms with van der Waals surface area (Å²) in [5.41, 5.74) is 0. The van der Waals surface area contributed by atoms with E-state index in [4.69, 9.17) is 5.11 Å². The molecule has 1 rings (SSSR count). The number of nitrogens with zero attached hydrogens (tertiary/aromatic N) is 3. The summed E-state index contributed by atoms with van der Waals surface area (Å²) in [6.45, 7) is 7.24. The molecule has 0 fully saturated rings.